The zero-order valence-electron chi connectivity index (χ0n) is 9.66. The minimum atomic E-state index is -1.11. The van der Waals surface area contributed by atoms with Crippen molar-refractivity contribution in [3.8, 4) is 0 Å². The van der Waals surface area contributed by atoms with Crippen LogP contribution in [0.5, 0.6) is 0 Å². The van der Waals surface area contributed by atoms with Crippen LogP contribution < -0.4 is 16.0 Å². The molecule has 0 radical (unpaired) electrons. The van der Waals surface area contributed by atoms with Gasteiger partial charge in [0.05, 0.1) is 12.5 Å². The molecule has 7 nitrogen and oxygen atoms in total. The Hall–Kier alpha value is -1.63. The molecule has 1 rings (SSSR count). The lowest BCUT2D eigenvalue weighted by atomic mass is 9.97. The largest absolute Gasteiger partial charge is 0.480 e. The van der Waals surface area contributed by atoms with Crippen LogP contribution in [0.15, 0.2) is 0 Å². The summed E-state index contributed by atoms with van der Waals surface area (Å²) in [5.74, 6) is -1.66. The van der Waals surface area contributed by atoms with E-state index in [2.05, 4.69) is 16.0 Å². The highest BCUT2D eigenvalue weighted by Gasteiger charge is 2.29. The summed E-state index contributed by atoms with van der Waals surface area (Å²) in [6, 6.07) is 0. The van der Waals surface area contributed by atoms with Gasteiger partial charge in [-0.15, -0.1) is 0 Å². The van der Waals surface area contributed by atoms with Gasteiger partial charge in [0.1, 0.15) is 6.54 Å². The van der Waals surface area contributed by atoms with Crippen LogP contribution >= 0.6 is 0 Å². The van der Waals surface area contributed by atoms with E-state index in [9.17, 15) is 14.4 Å². The Morgan fingerprint density at radius 3 is 2.47 bits per heavy atom. The second-order valence-electron chi connectivity index (χ2n) is 4.13. The number of hydrogen-bond acceptors (Lipinski definition) is 4. The molecule has 1 saturated heterocycles. The van der Waals surface area contributed by atoms with Crippen molar-refractivity contribution in [2.24, 2.45) is 11.8 Å². The fraction of sp³-hybridized carbons (Fsp3) is 0.700. The first-order valence-corrected chi connectivity index (χ1v) is 5.47. The zero-order valence-corrected chi connectivity index (χ0v) is 9.66. The molecule has 1 fully saturated rings. The monoisotopic (exact) mass is 243 g/mol. The van der Waals surface area contributed by atoms with Crippen LogP contribution in [-0.4, -0.2) is 49.1 Å². The van der Waals surface area contributed by atoms with Gasteiger partial charge in [0.2, 0.25) is 11.8 Å². The standard InChI is InChI=1S/C10H17N3O4/c1-6-2-11-3-7(6)10(17)13-4-8(14)12-5-9(15)16/h6-7,11H,2-5H2,1H3,(H,12,14)(H,13,17)(H,15,16)/t6-,7-/m1/s1. The first-order chi connectivity index (χ1) is 8.00. The van der Waals surface area contributed by atoms with E-state index < -0.39 is 18.4 Å². The molecular formula is C10H17N3O4. The van der Waals surface area contributed by atoms with Crippen LogP contribution in [0.25, 0.3) is 0 Å². The number of nitrogens with one attached hydrogen (secondary N) is 3. The van der Waals surface area contributed by atoms with Gasteiger partial charge in [0, 0.05) is 6.54 Å². The normalized spacial score (nSPS) is 23.1. The molecule has 4 N–H and O–H groups in total. The highest BCUT2D eigenvalue weighted by molar-refractivity contribution is 5.87. The molecule has 1 aliphatic rings. The predicted molar refractivity (Wildman–Crippen MR) is 59.2 cm³/mol. The number of aliphatic carboxylic acids is 1. The van der Waals surface area contributed by atoms with Gasteiger partial charge in [0.25, 0.3) is 0 Å². The Balaban J connectivity index is 2.23. The highest BCUT2D eigenvalue weighted by atomic mass is 16.4. The van der Waals surface area contributed by atoms with E-state index in [0.29, 0.717) is 6.54 Å². The van der Waals surface area contributed by atoms with E-state index in [1.807, 2.05) is 6.92 Å². The van der Waals surface area contributed by atoms with E-state index in [-0.39, 0.29) is 24.3 Å². The van der Waals surface area contributed by atoms with Gasteiger partial charge in [-0.1, -0.05) is 6.92 Å². The Bertz CT molecular complexity index is 319. The van der Waals surface area contributed by atoms with Crippen LogP contribution in [0.1, 0.15) is 6.92 Å². The fourth-order valence-corrected chi connectivity index (χ4v) is 1.70. The zero-order chi connectivity index (χ0) is 12.8. The molecule has 0 spiro atoms. The molecule has 0 saturated carbocycles. The molecule has 17 heavy (non-hydrogen) atoms. The molecule has 0 aromatic rings. The van der Waals surface area contributed by atoms with E-state index >= 15 is 0 Å². The van der Waals surface area contributed by atoms with Crippen LogP contribution in [0.3, 0.4) is 0 Å². The molecule has 2 amide bonds. The summed E-state index contributed by atoms with van der Waals surface area (Å²) in [5.41, 5.74) is 0. The van der Waals surface area contributed by atoms with Crippen molar-refractivity contribution in [3.05, 3.63) is 0 Å². The number of carbonyl (C=O) groups is 3. The lowest BCUT2D eigenvalue weighted by Crippen LogP contribution is -2.42. The van der Waals surface area contributed by atoms with E-state index in [0.717, 1.165) is 6.54 Å². The number of carboxylic acid groups (broad SMARTS) is 1. The van der Waals surface area contributed by atoms with Crippen molar-refractivity contribution >= 4 is 17.8 Å². The van der Waals surface area contributed by atoms with Gasteiger partial charge >= 0.3 is 5.97 Å². The van der Waals surface area contributed by atoms with Crippen molar-refractivity contribution in [1.82, 2.24) is 16.0 Å². The van der Waals surface area contributed by atoms with Crippen LogP contribution in [0, 0.1) is 11.8 Å². The third-order valence-corrected chi connectivity index (χ3v) is 2.71. The summed E-state index contributed by atoms with van der Waals surface area (Å²) in [6.45, 7) is 2.76. The maximum absolute atomic E-state index is 11.7. The molecule has 0 aromatic heterocycles. The summed E-state index contributed by atoms with van der Waals surface area (Å²) in [5, 5.41) is 16.1. The van der Waals surface area contributed by atoms with Gasteiger partial charge < -0.3 is 21.1 Å². The number of amides is 2. The van der Waals surface area contributed by atoms with Gasteiger partial charge in [-0.25, -0.2) is 0 Å². The quantitative estimate of drug-likeness (QED) is 0.454. The maximum atomic E-state index is 11.7. The predicted octanol–water partition coefficient (Wildman–Crippen LogP) is -1.84. The SMILES string of the molecule is C[C@@H]1CNC[C@H]1C(=O)NCC(=O)NCC(=O)O. The van der Waals surface area contributed by atoms with Crippen molar-refractivity contribution in [2.45, 2.75) is 6.92 Å². The average Bonchev–Trinajstić information content (AvgIpc) is 2.69. The first kappa shape index (κ1) is 13.4. The summed E-state index contributed by atoms with van der Waals surface area (Å²) in [7, 11) is 0. The van der Waals surface area contributed by atoms with E-state index in [1.54, 1.807) is 0 Å². The molecular weight excluding hydrogens is 226 g/mol. The van der Waals surface area contributed by atoms with E-state index in [4.69, 9.17) is 5.11 Å². The Morgan fingerprint density at radius 2 is 1.94 bits per heavy atom. The topological polar surface area (TPSA) is 108 Å². The van der Waals surface area contributed by atoms with Crippen molar-refractivity contribution in [2.75, 3.05) is 26.2 Å². The minimum absolute atomic E-state index is 0.123. The van der Waals surface area contributed by atoms with Crippen molar-refractivity contribution < 1.29 is 19.5 Å². The average molecular weight is 243 g/mol. The van der Waals surface area contributed by atoms with Gasteiger partial charge in [-0.05, 0) is 12.5 Å². The number of rotatable bonds is 5. The lowest BCUT2D eigenvalue weighted by Gasteiger charge is -2.13. The van der Waals surface area contributed by atoms with E-state index in [1.165, 1.54) is 0 Å². The van der Waals surface area contributed by atoms with Crippen LogP contribution in [0.4, 0.5) is 0 Å². The molecule has 7 heteroatoms. The molecule has 0 aromatic carbocycles. The smallest absolute Gasteiger partial charge is 0.322 e. The van der Waals surface area contributed by atoms with Gasteiger partial charge in [0.15, 0.2) is 0 Å². The molecule has 0 bridgehead atoms. The Labute approximate surface area is 98.9 Å². The molecule has 1 heterocycles. The first-order valence-electron chi connectivity index (χ1n) is 5.47. The van der Waals surface area contributed by atoms with Crippen LogP contribution in [-0.2, 0) is 14.4 Å². The fourth-order valence-electron chi connectivity index (χ4n) is 1.70. The van der Waals surface area contributed by atoms with Gasteiger partial charge in [-0.3, -0.25) is 14.4 Å². The molecule has 1 aliphatic heterocycles. The summed E-state index contributed by atoms with van der Waals surface area (Å²) < 4.78 is 0. The maximum Gasteiger partial charge on any atom is 0.322 e. The molecule has 0 aliphatic carbocycles. The number of carboxylic acids is 1. The second-order valence-corrected chi connectivity index (χ2v) is 4.13. The number of hydrogen-bond donors (Lipinski definition) is 4. The van der Waals surface area contributed by atoms with Crippen LogP contribution in [0.2, 0.25) is 0 Å². The number of carbonyl (C=O) groups excluding carboxylic acids is 2. The van der Waals surface area contributed by atoms with Gasteiger partial charge in [-0.2, -0.15) is 0 Å². The summed E-state index contributed by atoms with van der Waals surface area (Å²) in [4.78, 5) is 33.0. The highest BCUT2D eigenvalue weighted by Crippen LogP contribution is 2.15. The third-order valence-electron chi connectivity index (χ3n) is 2.71. The summed E-state index contributed by atoms with van der Waals surface area (Å²) in [6.07, 6.45) is 0. The summed E-state index contributed by atoms with van der Waals surface area (Å²) >= 11 is 0. The molecule has 0 unspecified atom stereocenters. The second kappa shape index (κ2) is 6.19. The third kappa shape index (κ3) is 4.39. The Morgan fingerprint density at radius 1 is 1.24 bits per heavy atom. The Kier molecular flexibility index (Phi) is 4.89. The minimum Gasteiger partial charge on any atom is -0.480 e. The molecule has 2 atom stereocenters. The molecule has 96 valence electrons. The van der Waals surface area contributed by atoms with Crippen molar-refractivity contribution in [3.63, 3.8) is 0 Å². The lowest BCUT2D eigenvalue weighted by molar-refractivity contribution is -0.137. The van der Waals surface area contributed by atoms with Crippen molar-refractivity contribution in [1.29, 1.82) is 0 Å².